The van der Waals surface area contributed by atoms with Gasteiger partial charge in [0.2, 0.25) is 0 Å². The van der Waals surface area contributed by atoms with Crippen molar-refractivity contribution in [2.75, 3.05) is 49.1 Å². The highest BCUT2D eigenvalue weighted by molar-refractivity contribution is 7.91. The standard InChI is InChI=1S/C24H31F6N3O4S/c1-17-13-18(15-19(14-17)31-9-11-38(35,36)12-10-31)16-33-6-2-3-22(33)4-7-32(8-5-22)21(34)37-20(23(25,26)27)24(28,29)30/h13-15,20H,2-12,16H2,1H3. The summed E-state index contributed by atoms with van der Waals surface area (Å²) in [6.45, 7) is 4.18. The largest absolute Gasteiger partial charge is 0.434 e. The van der Waals surface area contributed by atoms with Gasteiger partial charge >= 0.3 is 18.4 Å². The van der Waals surface area contributed by atoms with E-state index in [0.29, 0.717) is 32.5 Å². The van der Waals surface area contributed by atoms with E-state index in [4.69, 9.17) is 0 Å². The summed E-state index contributed by atoms with van der Waals surface area (Å²) >= 11 is 0. The topological polar surface area (TPSA) is 70.2 Å². The van der Waals surface area contributed by atoms with Gasteiger partial charge in [0.1, 0.15) is 0 Å². The van der Waals surface area contributed by atoms with E-state index in [-0.39, 0.29) is 30.1 Å². The van der Waals surface area contributed by atoms with Gasteiger partial charge in [-0.2, -0.15) is 26.3 Å². The highest BCUT2D eigenvalue weighted by Gasteiger charge is 2.60. The number of halogens is 6. The van der Waals surface area contributed by atoms with Crippen molar-refractivity contribution in [3.63, 3.8) is 0 Å². The lowest BCUT2D eigenvalue weighted by Gasteiger charge is -2.45. The van der Waals surface area contributed by atoms with E-state index in [1.165, 1.54) is 0 Å². The van der Waals surface area contributed by atoms with Gasteiger partial charge in [0, 0.05) is 44.0 Å². The molecule has 0 radical (unpaired) electrons. The number of carbonyl (C=O) groups is 1. The van der Waals surface area contributed by atoms with Crippen LogP contribution in [-0.2, 0) is 21.1 Å². The number of hydrogen-bond donors (Lipinski definition) is 0. The van der Waals surface area contributed by atoms with Crippen LogP contribution in [0, 0.1) is 6.92 Å². The normalized spacial score (nSPS) is 22.3. The zero-order valence-corrected chi connectivity index (χ0v) is 21.8. The lowest BCUT2D eigenvalue weighted by atomic mass is 9.85. The van der Waals surface area contributed by atoms with Crippen LogP contribution in [0.15, 0.2) is 18.2 Å². The average Bonchev–Trinajstić information content (AvgIpc) is 3.17. The van der Waals surface area contributed by atoms with Gasteiger partial charge in [0.15, 0.2) is 9.84 Å². The second-order valence-electron chi connectivity index (χ2n) is 10.4. The van der Waals surface area contributed by atoms with Gasteiger partial charge in [-0.05, 0) is 62.4 Å². The Balaban J connectivity index is 1.40. The first-order valence-electron chi connectivity index (χ1n) is 12.5. The molecule has 0 aliphatic carbocycles. The SMILES string of the molecule is Cc1cc(CN2CCCC23CCN(C(=O)OC(C(F)(F)F)C(F)(F)F)CC3)cc(N2CCS(=O)(=O)CC2)c1. The fourth-order valence-corrected chi connectivity index (χ4v) is 6.91. The molecule has 38 heavy (non-hydrogen) atoms. The number of nitrogens with zero attached hydrogens (tertiary/aromatic N) is 3. The van der Waals surface area contributed by atoms with Crippen LogP contribution in [0.1, 0.15) is 36.8 Å². The van der Waals surface area contributed by atoms with Crippen LogP contribution in [-0.4, -0.2) is 92.5 Å². The number of piperidine rings is 1. The Morgan fingerprint density at radius 2 is 1.55 bits per heavy atom. The maximum Gasteiger partial charge on any atom is 0.434 e. The Labute approximate surface area is 217 Å². The molecule has 214 valence electrons. The number of likely N-dealkylation sites (tertiary alicyclic amines) is 2. The number of ether oxygens (including phenoxy) is 1. The second-order valence-corrected chi connectivity index (χ2v) is 12.7. The van der Waals surface area contributed by atoms with Crippen molar-refractivity contribution in [2.45, 2.75) is 63.1 Å². The van der Waals surface area contributed by atoms with Gasteiger partial charge in [-0.1, -0.05) is 6.07 Å². The zero-order valence-electron chi connectivity index (χ0n) is 20.9. The number of rotatable bonds is 4. The Kier molecular flexibility index (Phi) is 7.88. The van der Waals surface area contributed by atoms with Crippen LogP contribution in [0.5, 0.6) is 0 Å². The lowest BCUT2D eigenvalue weighted by molar-refractivity contribution is -0.308. The van der Waals surface area contributed by atoms with Crippen molar-refractivity contribution >= 4 is 21.6 Å². The van der Waals surface area contributed by atoms with Crippen LogP contribution in [0.4, 0.5) is 36.8 Å². The summed E-state index contributed by atoms with van der Waals surface area (Å²) in [6.07, 6.45) is -14.7. The van der Waals surface area contributed by atoms with Crippen LogP contribution in [0.2, 0.25) is 0 Å². The molecule has 0 saturated carbocycles. The van der Waals surface area contributed by atoms with Crippen molar-refractivity contribution < 1.29 is 44.3 Å². The monoisotopic (exact) mass is 571 g/mol. The molecule has 3 heterocycles. The third-order valence-corrected chi connectivity index (χ3v) is 9.32. The summed E-state index contributed by atoms with van der Waals surface area (Å²) in [7, 11) is -3.01. The van der Waals surface area contributed by atoms with Gasteiger partial charge in [0.05, 0.1) is 11.5 Å². The van der Waals surface area contributed by atoms with Gasteiger partial charge in [0.25, 0.3) is 6.10 Å². The van der Waals surface area contributed by atoms with Crippen molar-refractivity contribution in [3.8, 4) is 0 Å². The molecule has 0 bridgehead atoms. The van der Waals surface area contributed by atoms with Crippen molar-refractivity contribution in [3.05, 3.63) is 29.3 Å². The fourth-order valence-electron chi connectivity index (χ4n) is 5.71. The van der Waals surface area contributed by atoms with Crippen LogP contribution >= 0.6 is 0 Å². The zero-order chi connectivity index (χ0) is 27.9. The van der Waals surface area contributed by atoms with E-state index in [0.717, 1.165) is 41.1 Å². The number of aryl methyl sites for hydroxylation is 1. The highest BCUT2D eigenvalue weighted by atomic mass is 32.2. The third-order valence-electron chi connectivity index (χ3n) is 7.71. The minimum atomic E-state index is -5.75. The highest BCUT2D eigenvalue weighted by Crippen LogP contribution is 2.41. The summed E-state index contributed by atoms with van der Waals surface area (Å²) in [4.78, 5) is 17.4. The molecule has 1 aromatic carbocycles. The van der Waals surface area contributed by atoms with E-state index >= 15 is 0 Å². The minimum absolute atomic E-state index is 0.000906. The number of sulfone groups is 1. The van der Waals surface area contributed by atoms with Gasteiger partial charge in [-0.25, -0.2) is 13.2 Å². The van der Waals surface area contributed by atoms with Gasteiger partial charge in [-0.15, -0.1) is 0 Å². The molecule has 14 heteroatoms. The first-order chi connectivity index (χ1) is 17.6. The Hall–Kier alpha value is -2.22. The number of alkyl halides is 6. The maximum absolute atomic E-state index is 12.8. The molecule has 1 spiro atoms. The summed E-state index contributed by atoms with van der Waals surface area (Å²) in [5.74, 6) is 0.217. The minimum Gasteiger partial charge on any atom is -0.426 e. The lowest BCUT2D eigenvalue weighted by Crippen LogP contribution is -2.54. The first-order valence-corrected chi connectivity index (χ1v) is 14.3. The van der Waals surface area contributed by atoms with Gasteiger partial charge < -0.3 is 14.5 Å². The van der Waals surface area contributed by atoms with Crippen molar-refractivity contribution in [2.24, 2.45) is 0 Å². The van der Waals surface area contributed by atoms with E-state index in [1.807, 2.05) is 19.1 Å². The molecule has 3 saturated heterocycles. The molecule has 1 aromatic rings. The average molecular weight is 572 g/mol. The molecule has 3 aliphatic rings. The van der Waals surface area contributed by atoms with Crippen molar-refractivity contribution in [1.29, 1.82) is 0 Å². The molecule has 0 atom stereocenters. The van der Waals surface area contributed by atoms with E-state index < -0.39 is 34.4 Å². The first kappa shape index (κ1) is 28.8. The molecular formula is C24H31F6N3O4S. The van der Waals surface area contributed by atoms with Crippen LogP contribution < -0.4 is 4.90 Å². The quantitative estimate of drug-likeness (QED) is 0.503. The summed E-state index contributed by atoms with van der Waals surface area (Å²) < 4.78 is 104. The molecule has 0 unspecified atom stereocenters. The van der Waals surface area contributed by atoms with Crippen molar-refractivity contribution in [1.82, 2.24) is 9.80 Å². The summed E-state index contributed by atoms with van der Waals surface area (Å²) in [5, 5.41) is 0. The molecule has 0 N–H and O–H groups in total. The van der Waals surface area contributed by atoms with E-state index in [1.54, 1.807) is 0 Å². The predicted octanol–water partition coefficient (Wildman–Crippen LogP) is 4.29. The second kappa shape index (κ2) is 10.4. The van der Waals surface area contributed by atoms with Crippen LogP contribution in [0.3, 0.4) is 0 Å². The molecule has 1 amide bonds. The number of anilines is 1. The van der Waals surface area contributed by atoms with E-state index in [2.05, 4.69) is 20.6 Å². The molecule has 3 fully saturated rings. The smallest absolute Gasteiger partial charge is 0.426 e. The Morgan fingerprint density at radius 1 is 0.947 bits per heavy atom. The number of carbonyl (C=O) groups excluding carboxylic acids is 1. The molecule has 3 aliphatic heterocycles. The number of benzene rings is 1. The molecular weight excluding hydrogens is 540 g/mol. The molecule has 0 aromatic heterocycles. The molecule has 4 rings (SSSR count). The maximum atomic E-state index is 12.8. The summed E-state index contributed by atoms with van der Waals surface area (Å²) in [5.41, 5.74) is 2.70. The Morgan fingerprint density at radius 3 is 2.13 bits per heavy atom. The number of hydrogen-bond acceptors (Lipinski definition) is 6. The summed E-state index contributed by atoms with van der Waals surface area (Å²) in [6, 6.07) is 6.11. The molecule has 7 nitrogen and oxygen atoms in total. The Bertz CT molecular complexity index is 1100. The predicted molar refractivity (Wildman–Crippen MR) is 128 cm³/mol. The van der Waals surface area contributed by atoms with Gasteiger partial charge in [-0.3, -0.25) is 4.90 Å². The van der Waals surface area contributed by atoms with E-state index in [9.17, 15) is 39.6 Å². The number of amides is 1. The fraction of sp³-hybridized carbons (Fsp3) is 0.708. The third kappa shape index (κ3) is 6.49. The van der Waals surface area contributed by atoms with Crippen LogP contribution in [0.25, 0.3) is 0 Å².